The lowest BCUT2D eigenvalue weighted by atomic mass is 9.79. The van der Waals surface area contributed by atoms with Gasteiger partial charge in [0, 0.05) is 6.07 Å². The minimum absolute atomic E-state index is 0.369. The highest BCUT2D eigenvalue weighted by Crippen LogP contribution is 2.32. The maximum absolute atomic E-state index is 13.1. The van der Waals surface area contributed by atoms with Gasteiger partial charge in [-0.05, 0) is 49.7 Å². The zero-order valence-corrected chi connectivity index (χ0v) is 14.1. The minimum Gasteiger partial charge on any atom is -0.489 e. The molecule has 0 amide bonds. The highest BCUT2D eigenvalue weighted by atomic mass is 19.2. The molecule has 0 heterocycles. The molecule has 0 aromatic heterocycles. The van der Waals surface area contributed by atoms with Crippen molar-refractivity contribution in [1.82, 2.24) is 0 Å². The van der Waals surface area contributed by atoms with E-state index in [0.717, 1.165) is 18.1 Å². The highest BCUT2D eigenvalue weighted by molar-refractivity contribution is 5.23. The highest BCUT2D eigenvalue weighted by Gasteiger charge is 2.18. The number of ether oxygens (including phenoxy) is 1. The average molecular weight is 322 g/mol. The molecule has 1 aromatic rings. The number of hydrogen-bond donors (Lipinski definition) is 0. The molecule has 1 aromatic carbocycles. The lowest BCUT2D eigenvalue weighted by Crippen LogP contribution is -2.13. The Kier molecular flexibility index (Phi) is 7.57. The van der Waals surface area contributed by atoms with E-state index in [1.807, 2.05) is 6.08 Å². The van der Waals surface area contributed by atoms with Gasteiger partial charge in [-0.1, -0.05) is 44.8 Å². The van der Waals surface area contributed by atoms with Gasteiger partial charge in [-0.25, -0.2) is 8.78 Å². The van der Waals surface area contributed by atoms with E-state index >= 15 is 0 Å². The van der Waals surface area contributed by atoms with Gasteiger partial charge < -0.3 is 4.74 Å². The number of unbranched alkanes of at least 4 members (excludes halogenated alkanes) is 2. The summed E-state index contributed by atoms with van der Waals surface area (Å²) in [5.74, 6) is 0.222. The molecule has 0 bridgehead atoms. The summed E-state index contributed by atoms with van der Waals surface area (Å²) >= 11 is 0. The molecule has 0 aliphatic heterocycles. The van der Waals surface area contributed by atoms with Gasteiger partial charge in [0.15, 0.2) is 11.6 Å². The van der Waals surface area contributed by atoms with Crippen LogP contribution in [0, 0.1) is 23.5 Å². The molecule has 128 valence electrons. The Bertz CT molecular complexity index is 490. The molecule has 0 saturated heterocycles. The van der Waals surface area contributed by atoms with Crippen LogP contribution in [0.2, 0.25) is 0 Å². The molecule has 1 fully saturated rings. The fraction of sp³-hybridized carbons (Fsp3) is 0.600. The van der Waals surface area contributed by atoms with Crippen molar-refractivity contribution >= 4 is 0 Å². The van der Waals surface area contributed by atoms with Gasteiger partial charge in [-0.2, -0.15) is 0 Å². The summed E-state index contributed by atoms with van der Waals surface area (Å²) in [5, 5.41) is 0. The van der Waals surface area contributed by atoms with Crippen LogP contribution in [0.5, 0.6) is 5.75 Å². The minimum atomic E-state index is -0.868. The van der Waals surface area contributed by atoms with Crippen LogP contribution in [0.25, 0.3) is 0 Å². The molecule has 1 nitrogen and oxygen atoms in total. The standard InChI is InChI=1S/C20H28F2O/c1-2-3-4-6-16-8-10-17(11-9-16)7-5-14-23-18-12-13-19(21)20(22)15-18/h5,7,12-13,15-17H,2-4,6,8-11,14H2,1H3/b7-5+. The summed E-state index contributed by atoms with van der Waals surface area (Å²) in [6.07, 6.45) is 14.9. The summed E-state index contributed by atoms with van der Waals surface area (Å²) in [6, 6.07) is 3.63. The van der Waals surface area contributed by atoms with Crippen molar-refractivity contribution in [2.45, 2.75) is 58.3 Å². The van der Waals surface area contributed by atoms with Crippen LogP contribution in [0.1, 0.15) is 58.3 Å². The second-order valence-corrected chi connectivity index (χ2v) is 6.59. The fourth-order valence-electron chi connectivity index (χ4n) is 3.31. The van der Waals surface area contributed by atoms with Crippen molar-refractivity contribution in [3.05, 3.63) is 42.0 Å². The van der Waals surface area contributed by atoms with Gasteiger partial charge >= 0.3 is 0 Å². The Labute approximate surface area is 138 Å². The van der Waals surface area contributed by atoms with Gasteiger partial charge in [0.1, 0.15) is 12.4 Å². The number of hydrogen-bond acceptors (Lipinski definition) is 1. The summed E-state index contributed by atoms with van der Waals surface area (Å²) < 4.78 is 31.3. The largest absolute Gasteiger partial charge is 0.489 e. The molecule has 0 N–H and O–H groups in total. The van der Waals surface area contributed by atoms with Crippen LogP contribution < -0.4 is 4.74 Å². The molecule has 0 unspecified atom stereocenters. The van der Waals surface area contributed by atoms with Crippen molar-refractivity contribution in [3.63, 3.8) is 0 Å². The topological polar surface area (TPSA) is 9.23 Å². The van der Waals surface area contributed by atoms with Crippen LogP contribution in [0.15, 0.2) is 30.4 Å². The summed E-state index contributed by atoms with van der Waals surface area (Å²) in [6.45, 7) is 2.66. The monoisotopic (exact) mass is 322 g/mol. The van der Waals surface area contributed by atoms with E-state index in [1.54, 1.807) is 0 Å². The van der Waals surface area contributed by atoms with Crippen molar-refractivity contribution in [2.24, 2.45) is 11.8 Å². The lowest BCUT2D eigenvalue weighted by molar-refractivity contribution is 0.288. The molecule has 0 radical (unpaired) electrons. The molecular formula is C20H28F2O. The first kappa shape index (κ1) is 18.0. The maximum Gasteiger partial charge on any atom is 0.162 e. The second-order valence-electron chi connectivity index (χ2n) is 6.59. The molecule has 1 aliphatic carbocycles. The van der Waals surface area contributed by atoms with Crippen molar-refractivity contribution in [3.8, 4) is 5.75 Å². The first-order valence-electron chi connectivity index (χ1n) is 8.93. The van der Waals surface area contributed by atoms with Crippen molar-refractivity contribution < 1.29 is 13.5 Å². The molecule has 2 rings (SSSR count). The van der Waals surface area contributed by atoms with Gasteiger partial charge in [0.05, 0.1) is 0 Å². The smallest absolute Gasteiger partial charge is 0.162 e. The summed E-state index contributed by atoms with van der Waals surface area (Å²) in [5.41, 5.74) is 0. The normalized spacial score (nSPS) is 21.7. The Morgan fingerprint density at radius 3 is 2.57 bits per heavy atom. The van der Waals surface area contributed by atoms with E-state index in [1.165, 1.54) is 57.4 Å². The van der Waals surface area contributed by atoms with E-state index < -0.39 is 11.6 Å². The molecule has 0 atom stereocenters. The Balaban J connectivity index is 1.64. The summed E-state index contributed by atoms with van der Waals surface area (Å²) in [7, 11) is 0. The molecule has 23 heavy (non-hydrogen) atoms. The Hall–Kier alpha value is -1.38. The maximum atomic E-state index is 13.1. The molecule has 1 saturated carbocycles. The molecule has 1 aliphatic rings. The van der Waals surface area contributed by atoms with Crippen LogP contribution in [-0.2, 0) is 0 Å². The van der Waals surface area contributed by atoms with E-state index in [2.05, 4.69) is 13.0 Å². The van der Waals surface area contributed by atoms with Crippen LogP contribution in [0.3, 0.4) is 0 Å². The third-order valence-electron chi connectivity index (χ3n) is 4.75. The quantitative estimate of drug-likeness (QED) is 0.404. The van der Waals surface area contributed by atoms with E-state index in [0.29, 0.717) is 18.3 Å². The predicted octanol–water partition coefficient (Wildman–Crippen LogP) is 6.29. The first-order valence-corrected chi connectivity index (χ1v) is 8.93. The third kappa shape index (κ3) is 6.32. The Morgan fingerprint density at radius 1 is 1.09 bits per heavy atom. The van der Waals surface area contributed by atoms with Crippen LogP contribution >= 0.6 is 0 Å². The van der Waals surface area contributed by atoms with Crippen molar-refractivity contribution in [1.29, 1.82) is 0 Å². The van der Waals surface area contributed by atoms with Crippen LogP contribution in [-0.4, -0.2) is 6.61 Å². The number of halogens is 2. The SMILES string of the molecule is CCCCCC1CCC(/C=C/COc2ccc(F)c(F)c2)CC1. The molecular weight excluding hydrogens is 294 g/mol. The third-order valence-corrected chi connectivity index (χ3v) is 4.75. The predicted molar refractivity (Wildman–Crippen MR) is 90.6 cm³/mol. The van der Waals surface area contributed by atoms with Gasteiger partial charge in [0.2, 0.25) is 0 Å². The lowest BCUT2D eigenvalue weighted by Gasteiger charge is -2.26. The first-order chi connectivity index (χ1) is 11.2. The van der Waals surface area contributed by atoms with E-state index in [9.17, 15) is 8.78 Å². The summed E-state index contributed by atoms with van der Waals surface area (Å²) in [4.78, 5) is 0. The Morgan fingerprint density at radius 2 is 1.87 bits per heavy atom. The van der Waals surface area contributed by atoms with Gasteiger partial charge in [0.25, 0.3) is 0 Å². The average Bonchev–Trinajstić information content (AvgIpc) is 2.56. The fourth-order valence-corrected chi connectivity index (χ4v) is 3.31. The van der Waals surface area contributed by atoms with E-state index in [4.69, 9.17) is 4.74 Å². The van der Waals surface area contributed by atoms with Gasteiger partial charge in [-0.15, -0.1) is 0 Å². The van der Waals surface area contributed by atoms with Crippen molar-refractivity contribution in [2.75, 3.05) is 6.61 Å². The molecule has 0 spiro atoms. The zero-order chi connectivity index (χ0) is 16.5. The number of rotatable bonds is 8. The van der Waals surface area contributed by atoms with E-state index in [-0.39, 0.29) is 0 Å². The zero-order valence-electron chi connectivity index (χ0n) is 14.1. The molecule has 3 heteroatoms. The number of benzene rings is 1. The number of allylic oxidation sites excluding steroid dienone is 1. The van der Waals surface area contributed by atoms with Crippen LogP contribution in [0.4, 0.5) is 8.78 Å². The second kappa shape index (κ2) is 9.69. The van der Waals surface area contributed by atoms with Gasteiger partial charge in [-0.3, -0.25) is 0 Å².